The van der Waals surface area contributed by atoms with Crippen molar-refractivity contribution in [1.29, 1.82) is 0 Å². The number of benzene rings is 1. The van der Waals surface area contributed by atoms with Gasteiger partial charge in [0.25, 0.3) is 0 Å². The molecule has 0 heterocycles. The summed E-state index contributed by atoms with van der Waals surface area (Å²) in [5.74, 6) is -0.308. The van der Waals surface area contributed by atoms with Crippen molar-refractivity contribution in [2.24, 2.45) is 0 Å². The minimum absolute atomic E-state index is 0.308. The van der Waals surface area contributed by atoms with E-state index < -0.39 is 0 Å². The number of ether oxygens (including phenoxy) is 1. The van der Waals surface area contributed by atoms with Crippen LogP contribution in [0.3, 0.4) is 0 Å². The van der Waals surface area contributed by atoms with E-state index in [1.165, 1.54) is 7.11 Å². The first-order valence-electron chi connectivity index (χ1n) is 3.64. The highest BCUT2D eigenvalue weighted by atomic mass is 16.5. The van der Waals surface area contributed by atoms with Crippen molar-refractivity contribution in [3.05, 3.63) is 29.8 Å². The second-order valence-electron chi connectivity index (χ2n) is 2.32. The van der Waals surface area contributed by atoms with Gasteiger partial charge in [-0.15, -0.1) is 0 Å². The maximum Gasteiger partial charge on any atom is 0.337 e. The van der Waals surface area contributed by atoms with E-state index in [0.29, 0.717) is 5.56 Å². The summed E-state index contributed by atoms with van der Waals surface area (Å²) in [5, 5.41) is 2.96. The van der Waals surface area contributed by atoms with Crippen LogP contribution < -0.4 is 5.32 Å². The molecule has 3 nitrogen and oxygen atoms in total. The van der Waals surface area contributed by atoms with E-state index >= 15 is 0 Å². The summed E-state index contributed by atoms with van der Waals surface area (Å²) in [6.07, 6.45) is 0. The van der Waals surface area contributed by atoms with Gasteiger partial charge in [-0.3, -0.25) is 0 Å². The summed E-state index contributed by atoms with van der Waals surface area (Å²) in [5.41, 5.74) is 1.54. The van der Waals surface area contributed by atoms with Gasteiger partial charge in [0.15, 0.2) is 0 Å². The minimum atomic E-state index is -0.308. The van der Waals surface area contributed by atoms with Crippen LogP contribution in [0.25, 0.3) is 0 Å². The molecule has 0 bridgehead atoms. The van der Waals surface area contributed by atoms with Gasteiger partial charge in [0.1, 0.15) is 0 Å². The van der Waals surface area contributed by atoms with Crippen LogP contribution in [-0.4, -0.2) is 20.1 Å². The van der Waals surface area contributed by atoms with E-state index in [1.807, 2.05) is 19.2 Å². The largest absolute Gasteiger partial charge is 0.465 e. The van der Waals surface area contributed by atoms with E-state index in [9.17, 15) is 4.79 Å². The molecule has 1 N–H and O–H groups in total. The Bertz CT molecular complexity index is 266. The molecule has 0 aliphatic carbocycles. The minimum Gasteiger partial charge on any atom is -0.465 e. The molecule has 0 unspecified atom stereocenters. The quantitative estimate of drug-likeness (QED) is 0.673. The number of nitrogens with one attached hydrogen (secondary N) is 1. The molecule has 1 rings (SSSR count). The molecule has 1 aromatic carbocycles. The van der Waals surface area contributed by atoms with Gasteiger partial charge >= 0.3 is 5.97 Å². The van der Waals surface area contributed by atoms with E-state index in [-0.39, 0.29) is 5.97 Å². The molecular formula is C9H11NO2. The van der Waals surface area contributed by atoms with E-state index in [1.54, 1.807) is 12.1 Å². The topological polar surface area (TPSA) is 38.3 Å². The zero-order valence-electron chi connectivity index (χ0n) is 7.13. The summed E-state index contributed by atoms with van der Waals surface area (Å²) in [6, 6.07) is 7.09. The third-order valence-corrected chi connectivity index (χ3v) is 1.59. The lowest BCUT2D eigenvalue weighted by atomic mass is 10.2. The number of rotatable bonds is 2. The van der Waals surface area contributed by atoms with Crippen LogP contribution in [0.2, 0.25) is 0 Å². The van der Waals surface area contributed by atoms with Crippen molar-refractivity contribution in [1.82, 2.24) is 0 Å². The first kappa shape index (κ1) is 8.59. The number of carbonyl (C=O) groups is 1. The molecule has 3 heteroatoms. The van der Waals surface area contributed by atoms with Gasteiger partial charge in [0, 0.05) is 12.7 Å². The molecule has 64 valence electrons. The van der Waals surface area contributed by atoms with Crippen molar-refractivity contribution in [2.75, 3.05) is 19.5 Å². The Morgan fingerprint density at radius 1 is 1.33 bits per heavy atom. The first-order chi connectivity index (χ1) is 5.77. The smallest absolute Gasteiger partial charge is 0.337 e. The molecule has 0 radical (unpaired) electrons. The fraction of sp³-hybridized carbons (Fsp3) is 0.222. The van der Waals surface area contributed by atoms with Gasteiger partial charge < -0.3 is 10.1 Å². The zero-order chi connectivity index (χ0) is 8.97. The maximum atomic E-state index is 11.0. The van der Waals surface area contributed by atoms with Crippen molar-refractivity contribution < 1.29 is 9.53 Å². The summed E-state index contributed by atoms with van der Waals surface area (Å²) >= 11 is 0. The molecule has 12 heavy (non-hydrogen) atoms. The van der Waals surface area contributed by atoms with Gasteiger partial charge in [0.05, 0.1) is 12.7 Å². The molecule has 0 saturated heterocycles. The maximum absolute atomic E-state index is 11.0. The Balaban J connectivity index is 2.84. The molecule has 0 fully saturated rings. The van der Waals surface area contributed by atoms with Crippen LogP contribution in [0.5, 0.6) is 0 Å². The molecule has 0 aliphatic rings. The Hall–Kier alpha value is -1.51. The van der Waals surface area contributed by atoms with Crippen molar-refractivity contribution in [3.8, 4) is 0 Å². The average Bonchev–Trinajstić information content (AvgIpc) is 2.17. The number of carbonyl (C=O) groups excluding carboxylic acids is 1. The van der Waals surface area contributed by atoms with Crippen LogP contribution in [-0.2, 0) is 4.74 Å². The molecule has 0 aliphatic heterocycles. The molecule has 0 saturated carbocycles. The van der Waals surface area contributed by atoms with Crippen LogP contribution >= 0.6 is 0 Å². The average molecular weight is 164 g/mol. The van der Waals surface area contributed by atoms with Gasteiger partial charge in [-0.05, 0) is 24.3 Å². The summed E-state index contributed by atoms with van der Waals surface area (Å²) in [4.78, 5) is 11.0. The van der Waals surface area contributed by atoms with E-state index in [4.69, 9.17) is 0 Å². The Labute approximate surface area is 71.4 Å². The van der Waals surface area contributed by atoms with Crippen LogP contribution in [0, 0.1) is 0 Å². The molecule has 0 spiro atoms. The zero-order valence-corrected chi connectivity index (χ0v) is 7.13. The Kier molecular flexibility index (Phi) is 2.69. The van der Waals surface area contributed by atoms with Crippen molar-refractivity contribution in [3.63, 3.8) is 0 Å². The molecule has 0 aromatic heterocycles. The summed E-state index contributed by atoms with van der Waals surface area (Å²) in [7, 11) is 3.20. The standard InChI is InChI=1S/C9H11NO2/c1-10-8-5-3-7(4-6-8)9(11)12-2/h3-6,10H,1-2H3/i1-1. The second kappa shape index (κ2) is 3.76. The summed E-state index contributed by atoms with van der Waals surface area (Å²) < 4.78 is 4.55. The van der Waals surface area contributed by atoms with Crippen LogP contribution in [0.4, 0.5) is 5.69 Å². The summed E-state index contributed by atoms with van der Waals surface area (Å²) in [6.45, 7) is 0. The monoisotopic (exact) mass is 164 g/mol. The van der Waals surface area contributed by atoms with Gasteiger partial charge in [-0.2, -0.15) is 0 Å². The van der Waals surface area contributed by atoms with E-state index in [2.05, 4.69) is 10.1 Å². The van der Waals surface area contributed by atoms with Crippen LogP contribution in [0.15, 0.2) is 24.3 Å². The molecular weight excluding hydrogens is 153 g/mol. The SMILES string of the molecule is COC(=O)c1ccc(N[11CH3])cc1. The number of methoxy groups -OCH3 is 1. The number of anilines is 1. The predicted octanol–water partition coefficient (Wildman–Crippen LogP) is 1.51. The fourth-order valence-corrected chi connectivity index (χ4v) is 0.891. The number of esters is 1. The lowest BCUT2D eigenvalue weighted by Crippen LogP contribution is -2.00. The van der Waals surface area contributed by atoms with Crippen LogP contribution in [0.1, 0.15) is 10.4 Å². The second-order valence-corrected chi connectivity index (χ2v) is 2.32. The third kappa shape index (κ3) is 1.75. The van der Waals surface area contributed by atoms with Crippen molar-refractivity contribution in [2.45, 2.75) is 0 Å². The number of hydrogen-bond acceptors (Lipinski definition) is 3. The highest BCUT2D eigenvalue weighted by Crippen LogP contribution is 2.08. The lowest BCUT2D eigenvalue weighted by Gasteiger charge is -2.01. The van der Waals surface area contributed by atoms with Crippen molar-refractivity contribution >= 4 is 11.7 Å². The Morgan fingerprint density at radius 3 is 2.33 bits per heavy atom. The van der Waals surface area contributed by atoms with E-state index in [0.717, 1.165) is 5.69 Å². The molecule has 1 aromatic rings. The first-order valence-corrected chi connectivity index (χ1v) is 3.64. The van der Waals surface area contributed by atoms with Gasteiger partial charge in [-0.25, -0.2) is 4.79 Å². The van der Waals surface area contributed by atoms with Gasteiger partial charge in [-0.1, -0.05) is 0 Å². The molecule has 0 atom stereocenters. The fourth-order valence-electron chi connectivity index (χ4n) is 0.891. The normalized spacial score (nSPS) is 9.17. The lowest BCUT2D eigenvalue weighted by molar-refractivity contribution is 0.0601. The van der Waals surface area contributed by atoms with Gasteiger partial charge in [0.2, 0.25) is 0 Å². The third-order valence-electron chi connectivity index (χ3n) is 1.59. The highest BCUT2D eigenvalue weighted by Gasteiger charge is 2.02. The Morgan fingerprint density at radius 2 is 1.92 bits per heavy atom. The number of hydrogen-bond donors (Lipinski definition) is 1. The molecule has 0 amide bonds. The predicted molar refractivity (Wildman–Crippen MR) is 47.3 cm³/mol. The highest BCUT2D eigenvalue weighted by molar-refractivity contribution is 5.89.